The Balaban J connectivity index is 2.13. The highest BCUT2D eigenvalue weighted by Crippen LogP contribution is 2.21. The summed E-state index contributed by atoms with van der Waals surface area (Å²) in [7, 11) is 0. The standard InChI is InChI=1S/C16H21N3O2/c1-2-6-15-17-13-8-7-12(16(20)21)11-14(13)19(15)18-9-4-3-5-10-18/h7-8,11H,2-6,9-10H2,1H3,(H,20,21). The second-order valence-electron chi connectivity index (χ2n) is 5.61. The van der Waals surface area contributed by atoms with Crippen LogP contribution < -0.4 is 5.01 Å². The molecule has 1 aliphatic heterocycles. The number of fused-ring (bicyclic) bond motifs is 1. The molecule has 0 amide bonds. The molecular weight excluding hydrogens is 266 g/mol. The molecule has 5 nitrogen and oxygen atoms in total. The van der Waals surface area contributed by atoms with E-state index >= 15 is 0 Å². The minimum absolute atomic E-state index is 0.323. The summed E-state index contributed by atoms with van der Waals surface area (Å²) in [6.45, 7) is 4.17. The van der Waals surface area contributed by atoms with Crippen LogP contribution >= 0.6 is 0 Å². The zero-order chi connectivity index (χ0) is 14.8. The summed E-state index contributed by atoms with van der Waals surface area (Å²) in [5, 5.41) is 11.5. The molecule has 2 heterocycles. The van der Waals surface area contributed by atoms with Gasteiger partial charge in [-0.25, -0.2) is 14.5 Å². The topological polar surface area (TPSA) is 58.4 Å². The lowest BCUT2D eigenvalue weighted by Crippen LogP contribution is -2.40. The van der Waals surface area contributed by atoms with E-state index in [1.54, 1.807) is 12.1 Å². The van der Waals surface area contributed by atoms with E-state index in [9.17, 15) is 9.90 Å². The number of aromatic carboxylic acids is 1. The van der Waals surface area contributed by atoms with Gasteiger partial charge in [0.15, 0.2) is 0 Å². The normalized spacial score (nSPS) is 15.6. The van der Waals surface area contributed by atoms with Gasteiger partial charge < -0.3 is 10.1 Å². The van der Waals surface area contributed by atoms with E-state index in [1.807, 2.05) is 6.07 Å². The smallest absolute Gasteiger partial charge is 0.335 e. The first-order valence-electron chi connectivity index (χ1n) is 7.70. The van der Waals surface area contributed by atoms with Crippen LogP contribution in [0.1, 0.15) is 48.8 Å². The maximum atomic E-state index is 11.2. The van der Waals surface area contributed by atoms with Gasteiger partial charge in [0.2, 0.25) is 0 Å². The molecule has 1 saturated heterocycles. The Labute approximate surface area is 124 Å². The number of carboxylic acid groups (broad SMARTS) is 1. The zero-order valence-corrected chi connectivity index (χ0v) is 12.4. The molecule has 1 aromatic carbocycles. The van der Waals surface area contributed by atoms with Gasteiger partial charge in [-0.05, 0) is 43.9 Å². The molecule has 1 aliphatic rings. The number of aryl methyl sites for hydroxylation is 1. The average molecular weight is 287 g/mol. The lowest BCUT2D eigenvalue weighted by Gasteiger charge is -2.31. The quantitative estimate of drug-likeness (QED) is 0.939. The Kier molecular flexibility index (Phi) is 3.82. The van der Waals surface area contributed by atoms with Crippen molar-refractivity contribution in [2.45, 2.75) is 39.0 Å². The van der Waals surface area contributed by atoms with Gasteiger partial charge in [0.1, 0.15) is 5.82 Å². The Hall–Kier alpha value is -2.04. The zero-order valence-electron chi connectivity index (χ0n) is 12.4. The summed E-state index contributed by atoms with van der Waals surface area (Å²) < 4.78 is 2.16. The van der Waals surface area contributed by atoms with Gasteiger partial charge in [-0.2, -0.15) is 0 Å². The van der Waals surface area contributed by atoms with Crippen molar-refractivity contribution in [2.24, 2.45) is 0 Å². The van der Waals surface area contributed by atoms with Crippen molar-refractivity contribution in [1.29, 1.82) is 0 Å². The fourth-order valence-electron chi connectivity index (χ4n) is 3.02. The first-order valence-corrected chi connectivity index (χ1v) is 7.70. The van der Waals surface area contributed by atoms with E-state index in [0.717, 1.165) is 42.8 Å². The predicted octanol–water partition coefficient (Wildman–Crippen LogP) is 2.81. The van der Waals surface area contributed by atoms with Crippen molar-refractivity contribution in [1.82, 2.24) is 9.66 Å². The van der Waals surface area contributed by atoms with Crippen LogP contribution in [-0.2, 0) is 6.42 Å². The second-order valence-corrected chi connectivity index (χ2v) is 5.61. The fourth-order valence-corrected chi connectivity index (χ4v) is 3.02. The number of imidazole rings is 1. The summed E-state index contributed by atoms with van der Waals surface area (Å²) in [5.74, 6) is 0.150. The number of carboxylic acids is 1. The van der Waals surface area contributed by atoms with Crippen LogP contribution in [0.15, 0.2) is 18.2 Å². The molecule has 0 bridgehead atoms. The number of piperidine rings is 1. The van der Waals surface area contributed by atoms with Crippen LogP contribution in [0.3, 0.4) is 0 Å². The number of rotatable bonds is 4. The number of benzene rings is 1. The number of hydrogen-bond acceptors (Lipinski definition) is 3. The van der Waals surface area contributed by atoms with Crippen molar-refractivity contribution in [3.8, 4) is 0 Å². The van der Waals surface area contributed by atoms with Crippen LogP contribution in [0.2, 0.25) is 0 Å². The molecule has 0 radical (unpaired) electrons. The Bertz CT molecular complexity index is 657. The molecule has 2 aromatic rings. The molecule has 0 saturated carbocycles. The average Bonchev–Trinajstić information content (AvgIpc) is 2.85. The molecule has 1 fully saturated rings. The van der Waals surface area contributed by atoms with Gasteiger partial charge in [0, 0.05) is 19.5 Å². The maximum Gasteiger partial charge on any atom is 0.335 e. The molecule has 1 N–H and O–H groups in total. The Morgan fingerprint density at radius 1 is 1.29 bits per heavy atom. The van der Waals surface area contributed by atoms with Crippen LogP contribution in [-0.4, -0.2) is 33.8 Å². The predicted molar refractivity (Wildman–Crippen MR) is 82.5 cm³/mol. The minimum Gasteiger partial charge on any atom is -0.478 e. The largest absolute Gasteiger partial charge is 0.478 e. The number of aromatic nitrogens is 2. The van der Waals surface area contributed by atoms with Crippen LogP contribution in [0.5, 0.6) is 0 Å². The van der Waals surface area contributed by atoms with Gasteiger partial charge in [-0.15, -0.1) is 0 Å². The molecule has 0 aliphatic carbocycles. The molecule has 21 heavy (non-hydrogen) atoms. The first kappa shape index (κ1) is 13.9. The third-order valence-electron chi connectivity index (χ3n) is 4.03. The van der Waals surface area contributed by atoms with E-state index in [-0.39, 0.29) is 0 Å². The molecule has 0 unspecified atom stereocenters. The Morgan fingerprint density at radius 3 is 2.71 bits per heavy atom. The molecule has 112 valence electrons. The van der Waals surface area contributed by atoms with Crippen molar-refractivity contribution in [3.63, 3.8) is 0 Å². The van der Waals surface area contributed by atoms with E-state index in [0.29, 0.717) is 5.56 Å². The molecule has 1 aromatic heterocycles. The molecule has 0 spiro atoms. The maximum absolute atomic E-state index is 11.2. The van der Waals surface area contributed by atoms with Gasteiger partial charge in [0.05, 0.1) is 16.6 Å². The molecule has 0 atom stereocenters. The van der Waals surface area contributed by atoms with Gasteiger partial charge >= 0.3 is 5.97 Å². The lowest BCUT2D eigenvalue weighted by molar-refractivity contribution is 0.0697. The number of hydrogen-bond donors (Lipinski definition) is 1. The third-order valence-corrected chi connectivity index (χ3v) is 4.03. The monoisotopic (exact) mass is 287 g/mol. The molecule has 3 rings (SSSR count). The first-order chi connectivity index (χ1) is 10.2. The van der Waals surface area contributed by atoms with Crippen LogP contribution in [0.25, 0.3) is 11.0 Å². The van der Waals surface area contributed by atoms with E-state index < -0.39 is 5.97 Å². The fraction of sp³-hybridized carbons (Fsp3) is 0.500. The molecular formula is C16H21N3O2. The lowest BCUT2D eigenvalue weighted by atomic mass is 10.1. The summed E-state index contributed by atoms with van der Waals surface area (Å²) >= 11 is 0. The highest BCUT2D eigenvalue weighted by molar-refractivity contribution is 5.92. The summed E-state index contributed by atoms with van der Waals surface area (Å²) in [4.78, 5) is 15.9. The highest BCUT2D eigenvalue weighted by Gasteiger charge is 2.19. The SMILES string of the molecule is CCCc1nc2ccc(C(=O)O)cc2n1N1CCCCC1. The van der Waals surface area contributed by atoms with Crippen LogP contribution in [0, 0.1) is 0 Å². The van der Waals surface area contributed by atoms with Crippen molar-refractivity contribution < 1.29 is 9.90 Å². The van der Waals surface area contributed by atoms with Crippen molar-refractivity contribution in [2.75, 3.05) is 18.1 Å². The highest BCUT2D eigenvalue weighted by atomic mass is 16.4. The number of nitrogens with zero attached hydrogens (tertiary/aromatic N) is 3. The minimum atomic E-state index is -0.889. The van der Waals surface area contributed by atoms with Crippen LogP contribution in [0.4, 0.5) is 0 Å². The summed E-state index contributed by atoms with van der Waals surface area (Å²) in [6, 6.07) is 5.20. The summed E-state index contributed by atoms with van der Waals surface area (Å²) in [6.07, 6.45) is 5.58. The number of carbonyl (C=O) groups is 1. The summed E-state index contributed by atoms with van der Waals surface area (Å²) in [5.41, 5.74) is 2.12. The Morgan fingerprint density at radius 2 is 2.05 bits per heavy atom. The van der Waals surface area contributed by atoms with Crippen molar-refractivity contribution >= 4 is 17.0 Å². The van der Waals surface area contributed by atoms with Gasteiger partial charge in [0.25, 0.3) is 0 Å². The second kappa shape index (κ2) is 5.76. The van der Waals surface area contributed by atoms with Gasteiger partial charge in [-0.3, -0.25) is 0 Å². The molecule has 5 heteroatoms. The van der Waals surface area contributed by atoms with Gasteiger partial charge in [-0.1, -0.05) is 6.92 Å². The van der Waals surface area contributed by atoms with E-state index in [1.165, 1.54) is 19.3 Å². The van der Waals surface area contributed by atoms with E-state index in [4.69, 9.17) is 4.98 Å². The van der Waals surface area contributed by atoms with Crippen molar-refractivity contribution in [3.05, 3.63) is 29.6 Å². The third kappa shape index (κ3) is 2.60. The van der Waals surface area contributed by atoms with E-state index in [2.05, 4.69) is 16.6 Å².